The molecule has 0 aliphatic carbocycles. The highest BCUT2D eigenvalue weighted by molar-refractivity contribution is 7.91. The van der Waals surface area contributed by atoms with E-state index in [1.54, 1.807) is 41.3 Å². The largest absolute Gasteiger partial charge is 0.490 e. The fourth-order valence-corrected chi connectivity index (χ4v) is 5.57. The van der Waals surface area contributed by atoms with E-state index in [1.807, 2.05) is 11.4 Å². The fourth-order valence-electron chi connectivity index (χ4n) is 3.64. The maximum absolute atomic E-state index is 12.8. The Morgan fingerprint density at radius 1 is 1.00 bits per heavy atom. The van der Waals surface area contributed by atoms with Gasteiger partial charge in [-0.25, -0.2) is 18.0 Å². The number of sulfone groups is 1. The zero-order chi connectivity index (χ0) is 34.3. The van der Waals surface area contributed by atoms with Crippen molar-refractivity contribution in [2.75, 3.05) is 18.2 Å². The smallest absolute Gasteiger partial charge is 0.475 e. The predicted molar refractivity (Wildman–Crippen MR) is 150 cm³/mol. The number of anilines is 1. The number of likely N-dealkylation sites (tertiary alicyclic amines) is 1. The minimum atomic E-state index is -5.08. The number of carboxylic acids is 2. The number of halogens is 6. The molecular formula is C25H25F6N5O7S2. The molecule has 1 saturated heterocycles. The Kier molecular flexibility index (Phi) is 11.9. The van der Waals surface area contributed by atoms with Gasteiger partial charge in [0, 0.05) is 18.8 Å². The van der Waals surface area contributed by atoms with Gasteiger partial charge in [-0.2, -0.15) is 26.3 Å². The molecule has 2 heterocycles. The first-order valence-electron chi connectivity index (χ1n) is 12.2. The molecule has 3 aromatic rings. The molecular weight excluding hydrogens is 660 g/mol. The standard InChI is InChI=1S/C21H23N5O3S2.2C2HF3O2/c22-16-3-1-14-2-4-17(9-15(14)8-16)31(28,29)12-25-18-5-6-26(21(18)27)10-13-7-19(20(23)24)30-11-13;2*3-2(4,5)1(6)7/h1-4,7-9,11,18,25H,5-6,10,12,22H2,(H3,23,24);2*(H,6,7)/t18-;;/m0../s1. The number of benzene rings is 2. The van der Waals surface area contributed by atoms with Crippen molar-refractivity contribution < 1.29 is 59.4 Å². The van der Waals surface area contributed by atoms with Gasteiger partial charge in [-0.3, -0.25) is 15.5 Å². The van der Waals surface area contributed by atoms with Crippen LogP contribution in [0.3, 0.4) is 0 Å². The highest BCUT2D eigenvalue weighted by Crippen LogP contribution is 2.23. The normalized spacial score (nSPS) is 15.1. The lowest BCUT2D eigenvalue weighted by Gasteiger charge is -2.16. The summed E-state index contributed by atoms with van der Waals surface area (Å²) in [6.45, 7) is 0.955. The molecule has 1 aromatic heterocycles. The molecule has 246 valence electrons. The van der Waals surface area contributed by atoms with E-state index in [1.165, 1.54) is 11.3 Å². The molecule has 0 spiro atoms. The number of carbonyl (C=O) groups excluding carboxylic acids is 1. The summed E-state index contributed by atoms with van der Waals surface area (Å²) in [6.07, 6.45) is -9.63. The Hall–Kier alpha value is -4.43. The van der Waals surface area contributed by atoms with E-state index in [9.17, 15) is 39.6 Å². The molecule has 8 N–H and O–H groups in total. The summed E-state index contributed by atoms with van der Waals surface area (Å²) in [5.74, 6) is -5.96. The van der Waals surface area contributed by atoms with Gasteiger partial charge in [0.05, 0.1) is 15.8 Å². The minimum absolute atomic E-state index is 0.00475. The molecule has 0 radical (unpaired) electrons. The van der Waals surface area contributed by atoms with Gasteiger partial charge in [-0.05, 0) is 58.5 Å². The van der Waals surface area contributed by atoms with Crippen molar-refractivity contribution >= 4 is 61.3 Å². The van der Waals surface area contributed by atoms with Crippen LogP contribution < -0.4 is 16.8 Å². The number of amides is 1. The van der Waals surface area contributed by atoms with Crippen molar-refractivity contribution in [3.05, 3.63) is 58.3 Å². The van der Waals surface area contributed by atoms with Gasteiger partial charge < -0.3 is 26.6 Å². The third kappa shape index (κ3) is 10.9. The summed E-state index contributed by atoms with van der Waals surface area (Å²) in [7, 11) is -3.62. The second-order valence-electron chi connectivity index (χ2n) is 9.17. The highest BCUT2D eigenvalue weighted by atomic mass is 32.2. The lowest BCUT2D eigenvalue weighted by atomic mass is 10.1. The minimum Gasteiger partial charge on any atom is -0.475 e. The van der Waals surface area contributed by atoms with Crippen LogP contribution in [0.2, 0.25) is 0 Å². The van der Waals surface area contributed by atoms with Crippen molar-refractivity contribution in [3.63, 3.8) is 0 Å². The van der Waals surface area contributed by atoms with Crippen molar-refractivity contribution in [1.82, 2.24) is 10.2 Å². The second kappa shape index (κ2) is 14.6. The number of rotatable bonds is 7. The number of hydrogen-bond donors (Lipinski definition) is 6. The summed E-state index contributed by atoms with van der Waals surface area (Å²) >= 11 is 1.37. The van der Waals surface area contributed by atoms with Crippen LogP contribution in [0, 0.1) is 5.41 Å². The Morgan fingerprint density at radius 2 is 1.56 bits per heavy atom. The van der Waals surface area contributed by atoms with Crippen molar-refractivity contribution in [1.29, 1.82) is 5.41 Å². The van der Waals surface area contributed by atoms with Gasteiger partial charge in [-0.15, -0.1) is 11.3 Å². The number of amidine groups is 1. The van der Waals surface area contributed by atoms with E-state index in [4.69, 9.17) is 36.7 Å². The summed E-state index contributed by atoms with van der Waals surface area (Å²) in [4.78, 5) is 33.0. The number of nitrogens with zero attached hydrogens (tertiary/aromatic N) is 1. The van der Waals surface area contributed by atoms with Crippen LogP contribution in [0.1, 0.15) is 16.9 Å². The van der Waals surface area contributed by atoms with E-state index >= 15 is 0 Å². The molecule has 12 nitrogen and oxygen atoms in total. The average molecular weight is 686 g/mol. The van der Waals surface area contributed by atoms with Gasteiger partial charge in [0.15, 0.2) is 9.84 Å². The molecule has 2 aromatic carbocycles. The molecule has 4 rings (SSSR count). The van der Waals surface area contributed by atoms with Crippen LogP contribution >= 0.6 is 11.3 Å². The monoisotopic (exact) mass is 685 g/mol. The van der Waals surface area contributed by atoms with E-state index in [0.717, 1.165) is 16.3 Å². The number of hydrogen-bond acceptors (Lipinski definition) is 9. The quantitative estimate of drug-likeness (QED) is 0.0924. The first-order valence-corrected chi connectivity index (χ1v) is 14.7. The number of nitrogens with two attached hydrogens (primary N) is 2. The molecule has 0 saturated carbocycles. The van der Waals surface area contributed by atoms with E-state index in [-0.39, 0.29) is 22.5 Å². The summed E-state index contributed by atoms with van der Waals surface area (Å²) in [6, 6.07) is 11.5. The maximum Gasteiger partial charge on any atom is 0.490 e. The summed E-state index contributed by atoms with van der Waals surface area (Å²) < 4.78 is 89.1. The Balaban J connectivity index is 0.000000421. The van der Waals surface area contributed by atoms with Crippen LogP contribution in [0.4, 0.5) is 32.0 Å². The van der Waals surface area contributed by atoms with Crippen molar-refractivity contribution in [2.24, 2.45) is 5.73 Å². The van der Waals surface area contributed by atoms with Crippen LogP contribution in [-0.2, 0) is 30.8 Å². The third-order valence-electron chi connectivity index (χ3n) is 5.79. The van der Waals surface area contributed by atoms with E-state index < -0.39 is 40.2 Å². The van der Waals surface area contributed by atoms with Crippen molar-refractivity contribution in [3.8, 4) is 0 Å². The molecule has 20 heteroatoms. The summed E-state index contributed by atoms with van der Waals surface area (Å²) in [5.41, 5.74) is 12.8. The first-order chi connectivity index (χ1) is 20.6. The lowest BCUT2D eigenvalue weighted by molar-refractivity contribution is -0.193. The summed E-state index contributed by atoms with van der Waals surface area (Å²) in [5, 5.41) is 28.2. The molecule has 1 amide bonds. The van der Waals surface area contributed by atoms with Crippen LogP contribution in [0.15, 0.2) is 52.7 Å². The highest BCUT2D eigenvalue weighted by Gasteiger charge is 2.39. The number of thiophene rings is 1. The predicted octanol–water partition coefficient (Wildman–Crippen LogP) is 3.16. The van der Waals surface area contributed by atoms with Gasteiger partial charge in [0.25, 0.3) is 0 Å². The van der Waals surface area contributed by atoms with Crippen LogP contribution in [-0.4, -0.2) is 78.0 Å². The molecule has 1 atom stereocenters. The molecule has 0 bridgehead atoms. The molecule has 0 unspecified atom stereocenters. The lowest BCUT2D eigenvalue weighted by Crippen LogP contribution is -2.40. The molecule has 1 aliphatic heterocycles. The number of carbonyl (C=O) groups is 3. The topological polar surface area (TPSA) is 217 Å². The fraction of sp³-hybridized carbons (Fsp3) is 0.280. The number of fused-ring (bicyclic) bond motifs is 1. The van der Waals surface area contributed by atoms with Crippen molar-refractivity contribution in [2.45, 2.75) is 36.3 Å². The molecule has 1 fully saturated rings. The number of alkyl halides is 6. The number of carboxylic acid groups (broad SMARTS) is 2. The first kappa shape index (κ1) is 36.8. The van der Waals surface area contributed by atoms with Gasteiger partial charge >= 0.3 is 24.3 Å². The van der Waals surface area contributed by atoms with Crippen LogP contribution in [0.5, 0.6) is 0 Å². The molecule has 45 heavy (non-hydrogen) atoms. The maximum atomic E-state index is 12.8. The SMILES string of the molecule is N=C(N)c1cc(CN2CC[C@H](NCS(=O)(=O)c3ccc4ccc(N)cc4c3)C2=O)cs1.O=C(O)C(F)(F)F.O=C(O)C(F)(F)F. The van der Waals surface area contributed by atoms with Gasteiger partial charge in [-0.1, -0.05) is 12.1 Å². The van der Waals surface area contributed by atoms with E-state index in [0.29, 0.717) is 30.1 Å². The number of nitrogen functional groups attached to an aromatic ring is 2. The Morgan fingerprint density at radius 3 is 2.07 bits per heavy atom. The zero-order valence-electron chi connectivity index (χ0n) is 22.6. The third-order valence-corrected chi connectivity index (χ3v) is 8.32. The second-order valence-corrected chi connectivity index (χ2v) is 12.1. The number of nitrogens with one attached hydrogen (secondary N) is 2. The Bertz CT molecular complexity index is 1650. The molecule has 1 aliphatic rings. The zero-order valence-corrected chi connectivity index (χ0v) is 24.3. The van der Waals surface area contributed by atoms with E-state index in [2.05, 4.69) is 5.32 Å². The van der Waals surface area contributed by atoms with Gasteiger partial charge in [0.1, 0.15) is 11.7 Å². The Labute approximate surface area is 254 Å². The van der Waals surface area contributed by atoms with Crippen LogP contribution in [0.25, 0.3) is 10.8 Å². The average Bonchev–Trinajstić information content (AvgIpc) is 3.54. The number of aliphatic carboxylic acids is 2. The van der Waals surface area contributed by atoms with Gasteiger partial charge in [0.2, 0.25) is 5.91 Å².